The molecular formula is C13H17ClN2O. The second-order valence-corrected chi connectivity index (χ2v) is 4.69. The summed E-state index contributed by atoms with van der Waals surface area (Å²) >= 11 is 6.16. The summed E-state index contributed by atoms with van der Waals surface area (Å²) < 4.78 is 0. The second kappa shape index (κ2) is 5.52. The number of rotatable bonds is 4. The van der Waals surface area contributed by atoms with Gasteiger partial charge in [-0.15, -0.1) is 0 Å². The maximum atomic E-state index is 12.1. The van der Waals surface area contributed by atoms with Gasteiger partial charge in [-0.05, 0) is 32.0 Å². The normalized spacial score (nSPS) is 15.3. The quantitative estimate of drug-likeness (QED) is 0.835. The maximum absolute atomic E-state index is 12.1. The summed E-state index contributed by atoms with van der Waals surface area (Å²) in [6.07, 6.45) is 2.37. The molecule has 1 aromatic carbocycles. The number of benzene rings is 1. The third kappa shape index (κ3) is 2.61. The number of hydrogen-bond acceptors (Lipinski definition) is 3. The topological polar surface area (TPSA) is 32.3 Å². The van der Waals surface area contributed by atoms with Crippen LogP contribution in [0.15, 0.2) is 18.2 Å². The Bertz CT molecular complexity index is 414. The summed E-state index contributed by atoms with van der Waals surface area (Å²) in [5, 5.41) is 3.43. The second-order valence-electron chi connectivity index (χ2n) is 4.28. The Kier molecular flexibility index (Phi) is 4.02. The molecule has 0 atom stereocenters. The molecule has 0 radical (unpaired) electrons. The van der Waals surface area contributed by atoms with Gasteiger partial charge in [-0.1, -0.05) is 17.7 Å². The Labute approximate surface area is 107 Å². The van der Waals surface area contributed by atoms with Crippen LogP contribution in [0.1, 0.15) is 23.2 Å². The minimum Gasteiger partial charge on any atom is -0.371 e. The molecule has 1 fully saturated rings. The van der Waals surface area contributed by atoms with Crippen molar-refractivity contribution in [3.05, 3.63) is 28.8 Å². The third-order valence-electron chi connectivity index (χ3n) is 3.05. The molecule has 17 heavy (non-hydrogen) atoms. The van der Waals surface area contributed by atoms with Crippen molar-refractivity contribution in [1.29, 1.82) is 0 Å². The maximum Gasteiger partial charge on any atom is 0.180 e. The number of nitrogens with zero attached hydrogens (tertiary/aromatic N) is 1. The van der Waals surface area contributed by atoms with Crippen molar-refractivity contribution in [3.8, 4) is 0 Å². The van der Waals surface area contributed by atoms with Crippen molar-refractivity contribution in [1.82, 2.24) is 5.32 Å². The van der Waals surface area contributed by atoms with Crippen LogP contribution in [0.25, 0.3) is 0 Å². The fourth-order valence-electron chi connectivity index (χ4n) is 2.26. The fourth-order valence-corrected chi connectivity index (χ4v) is 2.53. The van der Waals surface area contributed by atoms with Crippen molar-refractivity contribution >= 4 is 23.1 Å². The van der Waals surface area contributed by atoms with Crippen molar-refractivity contribution in [2.24, 2.45) is 0 Å². The molecule has 92 valence electrons. The summed E-state index contributed by atoms with van der Waals surface area (Å²) in [5.74, 6) is 0.0556. The van der Waals surface area contributed by atoms with Crippen LogP contribution < -0.4 is 10.2 Å². The number of ketones is 1. The minimum atomic E-state index is 0.0556. The van der Waals surface area contributed by atoms with E-state index < -0.39 is 0 Å². The van der Waals surface area contributed by atoms with Crippen molar-refractivity contribution in [3.63, 3.8) is 0 Å². The molecule has 2 rings (SSSR count). The molecular weight excluding hydrogens is 236 g/mol. The van der Waals surface area contributed by atoms with Gasteiger partial charge in [0, 0.05) is 18.8 Å². The highest BCUT2D eigenvalue weighted by atomic mass is 35.5. The molecule has 0 aliphatic carbocycles. The average Bonchev–Trinajstić information content (AvgIpc) is 2.82. The first-order valence-electron chi connectivity index (χ1n) is 5.95. The van der Waals surface area contributed by atoms with Crippen LogP contribution in [0, 0.1) is 0 Å². The van der Waals surface area contributed by atoms with Gasteiger partial charge in [-0.25, -0.2) is 0 Å². The number of carbonyl (C=O) groups excluding carboxylic acids is 1. The van der Waals surface area contributed by atoms with Gasteiger partial charge in [0.05, 0.1) is 17.1 Å². The highest BCUT2D eigenvalue weighted by Crippen LogP contribution is 2.30. The first-order chi connectivity index (χ1) is 8.24. The molecule has 0 saturated carbocycles. The molecule has 1 N–H and O–H groups in total. The number of Topliss-reactive ketones (excluding diaryl/α,β-unsaturated/α-hetero) is 1. The SMILES string of the molecule is CNCC(=O)c1c(Cl)cccc1N1CCCC1. The Morgan fingerprint density at radius 2 is 2.12 bits per heavy atom. The summed E-state index contributed by atoms with van der Waals surface area (Å²) in [6, 6.07) is 5.68. The van der Waals surface area contributed by atoms with Gasteiger partial charge < -0.3 is 10.2 Å². The lowest BCUT2D eigenvalue weighted by Crippen LogP contribution is -2.24. The summed E-state index contributed by atoms with van der Waals surface area (Å²) in [6.45, 7) is 2.35. The lowest BCUT2D eigenvalue weighted by Gasteiger charge is -2.21. The molecule has 0 amide bonds. The zero-order valence-corrected chi connectivity index (χ0v) is 10.8. The van der Waals surface area contributed by atoms with Crippen LogP contribution in [0.4, 0.5) is 5.69 Å². The van der Waals surface area contributed by atoms with Crippen molar-refractivity contribution in [2.45, 2.75) is 12.8 Å². The summed E-state index contributed by atoms with van der Waals surface area (Å²) in [4.78, 5) is 14.3. The van der Waals surface area contributed by atoms with Gasteiger partial charge in [-0.3, -0.25) is 4.79 Å². The van der Waals surface area contributed by atoms with E-state index in [0.717, 1.165) is 18.8 Å². The van der Waals surface area contributed by atoms with Crippen LogP contribution >= 0.6 is 11.6 Å². The van der Waals surface area contributed by atoms with Gasteiger partial charge in [0.2, 0.25) is 0 Å². The number of nitrogens with one attached hydrogen (secondary N) is 1. The molecule has 3 nitrogen and oxygen atoms in total. The molecule has 1 saturated heterocycles. The van der Waals surface area contributed by atoms with Crippen LogP contribution in [0.5, 0.6) is 0 Å². The molecule has 0 bridgehead atoms. The fraction of sp³-hybridized carbons (Fsp3) is 0.462. The molecule has 0 aromatic heterocycles. The number of likely N-dealkylation sites (N-methyl/N-ethyl adjacent to an activating group) is 1. The lowest BCUT2D eigenvalue weighted by atomic mass is 10.1. The van der Waals surface area contributed by atoms with E-state index >= 15 is 0 Å². The zero-order chi connectivity index (χ0) is 12.3. The monoisotopic (exact) mass is 252 g/mol. The summed E-state index contributed by atoms with van der Waals surface area (Å²) in [5.41, 5.74) is 1.64. The van der Waals surface area contributed by atoms with E-state index in [4.69, 9.17) is 11.6 Å². The van der Waals surface area contributed by atoms with E-state index in [1.807, 2.05) is 12.1 Å². The highest BCUT2D eigenvalue weighted by Gasteiger charge is 2.21. The molecule has 0 unspecified atom stereocenters. The van der Waals surface area contributed by atoms with E-state index in [0.29, 0.717) is 17.1 Å². The molecule has 1 heterocycles. The predicted molar refractivity (Wildman–Crippen MR) is 71.2 cm³/mol. The largest absolute Gasteiger partial charge is 0.371 e. The third-order valence-corrected chi connectivity index (χ3v) is 3.37. The molecule has 0 spiro atoms. The Morgan fingerprint density at radius 1 is 1.41 bits per heavy atom. The van der Waals surface area contributed by atoms with Gasteiger partial charge in [-0.2, -0.15) is 0 Å². The standard InChI is InChI=1S/C13H17ClN2O/c1-15-9-12(17)13-10(14)5-4-6-11(13)16-7-2-3-8-16/h4-6,15H,2-3,7-9H2,1H3. The van der Waals surface area contributed by atoms with E-state index in [1.165, 1.54) is 12.8 Å². The minimum absolute atomic E-state index is 0.0556. The average molecular weight is 253 g/mol. The molecule has 1 aromatic rings. The van der Waals surface area contributed by atoms with E-state index in [-0.39, 0.29) is 5.78 Å². The number of halogens is 1. The van der Waals surface area contributed by atoms with Crippen molar-refractivity contribution < 1.29 is 4.79 Å². The molecule has 1 aliphatic rings. The smallest absolute Gasteiger partial charge is 0.180 e. The Hall–Kier alpha value is -1.06. The number of carbonyl (C=O) groups is 1. The van der Waals surface area contributed by atoms with E-state index in [1.54, 1.807) is 13.1 Å². The van der Waals surface area contributed by atoms with Gasteiger partial charge in [0.25, 0.3) is 0 Å². The zero-order valence-electron chi connectivity index (χ0n) is 10.0. The Morgan fingerprint density at radius 3 is 2.76 bits per heavy atom. The van der Waals surface area contributed by atoms with E-state index in [2.05, 4.69) is 10.2 Å². The highest BCUT2D eigenvalue weighted by molar-refractivity contribution is 6.35. The van der Waals surface area contributed by atoms with Gasteiger partial charge in [0.1, 0.15) is 0 Å². The number of hydrogen-bond donors (Lipinski definition) is 1. The lowest BCUT2D eigenvalue weighted by molar-refractivity contribution is 0.0994. The summed E-state index contributed by atoms with van der Waals surface area (Å²) in [7, 11) is 1.77. The van der Waals surface area contributed by atoms with Crippen LogP contribution in [-0.2, 0) is 0 Å². The molecule has 1 aliphatic heterocycles. The van der Waals surface area contributed by atoms with Crippen LogP contribution in [-0.4, -0.2) is 32.5 Å². The first kappa shape index (κ1) is 12.4. The first-order valence-corrected chi connectivity index (χ1v) is 6.33. The van der Waals surface area contributed by atoms with Crippen molar-refractivity contribution in [2.75, 3.05) is 31.6 Å². The Balaban J connectivity index is 2.36. The van der Waals surface area contributed by atoms with Crippen LogP contribution in [0.2, 0.25) is 5.02 Å². The number of anilines is 1. The van der Waals surface area contributed by atoms with Gasteiger partial charge >= 0.3 is 0 Å². The predicted octanol–water partition coefficient (Wildman–Crippen LogP) is 2.34. The van der Waals surface area contributed by atoms with E-state index in [9.17, 15) is 4.79 Å². The molecule has 4 heteroatoms. The van der Waals surface area contributed by atoms with Crippen LogP contribution in [0.3, 0.4) is 0 Å². The van der Waals surface area contributed by atoms with Gasteiger partial charge in [0.15, 0.2) is 5.78 Å².